The summed E-state index contributed by atoms with van der Waals surface area (Å²) in [6, 6.07) is 3.72. The van der Waals surface area contributed by atoms with Crippen LogP contribution in [0.2, 0.25) is 0 Å². The number of likely N-dealkylation sites (tertiary alicyclic amines) is 2. The number of rotatable bonds is 8. The smallest absolute Gasteiger partial charge is 0.411 e. The average molecular weight is 518 g/mol. The van der Waals surface area contributed by atoms with Crippen LogP contribution in [0.3, 0.4) is 0 Å². The summed E-state index contributed by atoms with van der Waals surface area (Å²) in [5.41, 5.74) is 0.150. The molecule has 0 unspecified atom stereocenters. The van der Waals surface area contributed by atoms with Gasteiger partial charge in [-0.05, 0) is 70.1 Å². The van der Waals surface area contributed by atoms with Crippen molar-refractivity contribution < 1.29 is 28.2 Å². The second-order valence-corrected chi connectivity index (χ2v) is 11.6. The number of nitrogens with one attached hydrogen (secondary N) is 1. The molecule has 1 aromatic rings. The summed E-state index contributed by atoms with van der Waals surface area (Å²) < 4.78 is 25.8. The van der Waals surface area contributed by atoms with Gasteiger partial charge in [0.2, 0.25) is 11.8 Å². The van der Waals surface area contributed by atoms with Gasteiger partial charge in [-0.25, -0.2) is 9.18 Å². The van der Waals surface area contributed by atoms with Gasteiger partial charge in [-0.1, -0.05) is 18.9 Å². The third kappa shape index (κ3) is 7.00. The maximum Gasteiger partial charge on any atom is 0.411 e. The molecule has 3 atom stereocenters. The lowest BCUT2D eigenvalue weighted by molar-refractivity contribution is -0.136. The first-order valence-electron chi connectivity index (χ1n) is 13.5. The molecular weight excluding hydrogens is 477 g/mol. The highest BCUT2D eigenvalue weighted by Crippen LogP contribution is 2.39. The lowest BCUT2D eigenvalue weighted by Crippen LogP contribution is -2.45. The number of carbonyl (C=O) groups excluding carboxylic acids is 3. The van der Waals surface area contributed by atoms with Gasteiger partial charge < -0.3 is 19.7 Å². The van der Waals surface area contributed by atoms with Crippen molar-refractivity contribution >= 4 is 23.6 Å². The lowest BCUT2D eigenvalue weighted by Gasteiger charge is -2.35. The van der Waals surface area contributed by atoms with E-state index >= 15 is 0 Å². The number of ether oxygens (including phenoxy) is 2. The van der Waals surface area contributed by atoms with Crippen LogP contribution >= 0.6 is 0 Å². The van der Waals surface area contributed by atoms with E-state index in [-0.39, 0.29) is 36.7 Å². The number of amides is 3. The molecule has 3 aliphatic rings. The minimum atomic E-state index is -0.850. The maximum absolute atomic E-state index is 14.9. The van der Waals surface area contributed by atoms with E-state index in [0.717, 1.165) is 31.2 Å². The van der Waals surface area contributed by atoms with Crippen LogP contribution in [0.5, 0.6) is 0 Å². The van der Waals surface area contributed by atoms with Gasteiger partial charge in [-0.2, -0.15) is 0 Å². The van der Waals surface area contributed by atoms with Gasteiger partial charge in [-0.15, -0.1) is 0 Å². The van der Waals surface area contributed by atoms with E-state index in [2.05, 4.69) is 5.32 Å². The molecule has 9 heteroatoms. The van der Waals surface area contributed by atoms with E-state index in [9.17, 15) is 18.8 Å². The molecule has 1 N–H and O–H groups in total. The Morgan fingerprint density at radius 2 is 1.97 bits per heavy atom. The second-order valence-electron chi connectivity index (χ2n) is 11.6. The first kappa shape index (κ1) is 27.4. The van der Waals surface area contributed by atoms with Crippen molar-refractivity contribution in [3.63, 3.8) is 0 Å². The molecule has 1 aliphatic carbocycles. The Kier molecular flexibility index (Phi) is 8.41. The van der Waals surface area contributed by atoms with E-state index in [0.29, 0.717) is 18.9 Å². The topological polar surface area (TPSA) is 88.2 Å². The molecule has 2 saturated heterocycles. The minimum Gasteiger partial charge on any atom is -0.444 e. The van der Waals surface area contributed by atoms with Gasteiger partial charge in [0.1, 0.15) is 17.5 Å². The van der Waals surface area contributed by atoms with Crippen molar-refractivity contribution in [3.8, 4) is 0 Å². The highest BCUT2D eigenvalue weighted by atomic mass is 19.1. The fourth-order valence-electron chi connectivity index (χ4n) is 5.26. The van der Waals surface area contributed by atoms with Gasteiger partial charge in [0, 0.05) is 26.5 Å². The molecule has 0 spiro atoms. The monoisotopic (exact) mass is 517 g/mol. The standard InChI is InChI=1S/C28H40FN3O5/c1-28(2,3)37-27(35)32-17-20(36-4)16-24(32)26(34)30-22-15-19(11-12-21(22)29)23(13-10-18-8-9-18)31-14-6-5-7-25(31)33/h11-12,15,18,20,23-24H,5-10,13-14,16-17H2,1-4H3,(H,30,34)/t20-,23-,24-/m1/s1. The van der Waals surface area contributed by atoms with Crippen LogP contribution in [0.15, 0.2) is 18.2 Å². The number of methoxy groups -OCH3 is 1. The number of hydrogen-bond donors (Lipinski definition) is 1. The molecule has 8 nitrogen and oxygen atoms in total. The quantitative estimate of drug-likeness (QED) is 0.522. The summed E-state index contributed by atoms with van der Waals surface area (Å²) >= 11 is 0. The Balaban J connectivity index is 1.53. The van der Waals surface area contributed by atoms with Crippen LogP contribution in [0.1, 0.15) is 83.7 Å². The fourth-order valence-corrected chi connectivity index (χ4v) is 5.26. The van der Waals surface area contributed by atoms with E-state index < -0.39 is 29.5 Å². The summed E-state index contributed by atoms with van der Waals surface area (Å²) in [5, 5.41) is 2.71. The SMILES string of the molecule is CO[C@@H]1C[C@H](C(=O)Nc2cc([C@@H](CCC3CC3)N3CCCCC3=O)ccc2F)N(C(=O)OC(C)(C)C)C1. The molecule has 0 bridgehead atoms. The van der Waals surface area contributed by atoms with Crippen LogP contribution in [-0.2, 0) is 19.1 Å². The van der Waals surface area contributed by atoms with Gasteiger partial charge >= 0.3 is 6.09 Å². The largest absolute Gasteiger partial charge is 0.444 e. The fraction of sp³-hybridized carbons (Fsp3) is 0.679. The molecule has 0 radical (unpaired) electrons. The second kappa shape index (κ2) is 11.4. The van der Waals surface area contributed by atoms with Crippen LogP contribution in [0, 0.1) is 11.7 Å². The summed E-state index contributed by atoms with van der Waals surface area (Å²) in [7, 11) is 1.53. The molecule has 2 aliphatic heterocycles. The zero-order valence-corrected chi connectivity index (χ0v) is 22.4. The highest BCUT2D eigenvalue weighted by Gasteiger charge is 2.42. The van der Waals surface area contributed by atoms with E-state index in [1.54, 1.807) is 32.9 Å². The first-order chi connectivity index (χ1) is 17.6. The van der Waals surface area contributed by atoms with Gasteiger partial charge in [0.25, 0.3) is 0 Å². The Labute approximate surface area is 218 Å². The average Bonchev–Trinajstić information content (AvgIpc) is 3.56. The normalized spacial score (nSPS) is 23.2. The zero-order valence-electron chi connectivity index (χ0n) is 22.4. The van der Waals surface area contributed by atoms with Crippen molar-refractivity contribution in [3.05, 3.63) is 29.6 Å². The van der Waals surface area contributed by atoms with Crippen LogP contribution in [0.25, 0.3) is 0 Å². The number of hydrogen-bond acceptors (Lipinski definition) is 5. The first-order valence-corrected chi connectivity index (χ1v) is 13.5. The van der Waals surface area contributed by atoms with Gasteiger partial charge in [0.15, 0.2) is 0 Å². The van der Waals surface area contributed by atoms with Crippen LogP contribution in [0.4, 0.5) is 14.9 Å². The Morgan fingerprint density at radius 3 is 2.62 bits per heavy atom. The van der Waals surface area contributed by atoms with Crippen molar-refractivity contribution in [1.82, 2.24) is 9.80 Å². The van der Waals surface area contributed by atoms with Gasteiger partial charge in [0.05, 0.1) is 24.4 Å². The third-order valence-electron chi connectivity index (χ3n) is 7.44. The number of anilines is 1. The summed E-state index contributed by atoms with van der Waals surface area (Å²) in [4.78, 5) is 42.1. The number of piperidine rings is 1. The molecular formula is C28H40FN3O5. The van der Waals surface area contributed by atoms with Crippen molar-refractivity contribution in [1.29, 1.82) is 0 Å². The predicted molar refractivity (Wildman–Crippen MR) is 137 cm³/mol. The molecule has 1 saturated carbocycles. The van der Waals surface area contributed by atoms with E-state index in [4.69, 9.17) is 9.47 Å². The highest BCUT2D eigenvalue weighted by molar-refractivity contribution is 5.97. The van der Waals surface area contributed by atoms with Gasteiger partial charge in [-0.3, -0.25) is 14.5 Å². The van der Waals surface area contributed by atoms with Crippen molar-refractivity contribution in [2.45, 2.75) is 95.9 Å². The van der Waals surface area contributed by atoms with Crippen LogP contribution < -0.4 is 5.32 Å². The zero-order chi connectivity index (χ0) is 26.7. The summed E-state index contributed by atoms with van der Waals surface area (Å²) in [6.45, 7) is 6.19. The predicted octanol–water partition coefficient (Wildman–Crippen LogP) is 5.03. The Bertz CT molecular complexity index is 1010. The van der Waals surface area contributed by atoms with Crippen molar-refractivity contribution in [2.75, 3.05) is 25.5 Å². The molecule has 0 aromatic heterocycles. The molecule has 204 valence electrons. The lowest BCUT2D eigenvalue weighted by atomic mass is 9.95. The molecule has 3 fully saturated rings. The molecule has 3 amide bonds. The van der Waals surface area contributed by atoms with E-state index in [1.165, 1.54) is 30.9 Å². The summed E-state index contributed by atoms with van der Waals surface area (Å²) in [5.74, 6) is -0.221. The number of halogens is 1. The number of benzene rings is 1. The molecule has 2 heterocycles. The van der Waals surface area contributed by atoms with Crippen LogP contribution in [-0.4, -0.2) is 65.7 Å². The molecule has 37 heavy (non-hydrogen) atoms. The van der Waals surface area contributed by atoms with Crippen molar-refractivity contribution in [2.24, 2.45) is 5.92 Å². The van der Waals surface area contributed by atoms with E-state index in [1.807, 2.05) is 4.90 Å². The number of carbonyl (C=O) groups is 3. The number of nitrogens with zero attached hydrogens (tertiary/aromatic N) is 2. The maximum atomic E-state index is 14.9. The minimum absolute atomic E-state index is 0.0494. The molecule has 4 rings (SSSR count). The third-order valence-corrected chi connectivity index (χ3v) is 7.44. The molecule has 1 aromatic carbocycles. The Morgan fingerprint density at radius 1 is 1.22 bits per heavy atom. The Hall–Kier alpha value is -2.68. The summed E-state index contributed by atoms with van der Waals surface area (Å²) in [6.07, 6.45) is 6.04.